The molecule has 182 valence electrons. The van der Waals surface area contributed by atoms with E-state index >= 15 is 0 Å². The van der Waals surface area contributed by atoms with Crippen molar-refractivity contribution in [2.45, 2.75) is 37.4 Å². The molecule has 2 atom stereocenters. The highest BCUT2D eigenvalue weighted by atomic mass is 16.5. The Balaban J connectivity index is 1.46. The van der Waals surface area contributed by atoms with Crippen molar-refractivity contribution in [2.75, 3.05) is 26.8 Å². The zero-order valence-electron chi connectivity index (χ0n) is 19.2. The van der Waals surface area contributed by atoms with Crippen molar-refractivity contribution in [3.8, 4) is 11.1 Å². The number of aliphatic hydroxyl groups is 1. The Morgan fingerprint density at radius 3 is 2.18 bits per heavy atom. The molecule has 0 aliphatic heterocycles. The largest absolute Gasteiger partial charge is 0.481 e. The molecule has 0 fully saturated rings. The number of fused-ring (bicyclic) bond motifs is 3. The van der Waals surface area contributed by atoms with Gasteiger partial charge in [0.25, 0.3) is 0 Å². The predicted molar refractivity (Wildman–Crippen MR) is 124 cm³/mol. The number of alkyl carbamates (subject to hydrolysis) is 1. The van der Waals surface area contributed by atoms with Gasteiger partial charge in [0.1, 0.15) is 6.61 Å². The molecule has 9 heteroatoms. The SMILES string of the molecule is COC(CNC(=O)OCC1c2ccccc2-c2ccccc21)CC(=O)NCC(C)(O)CC(=O)O. The molecule has 0 saturated heterocycles. The predicted octanol–water partition coefficient (Wildman–Crippen LogP) is 2.27. The van der Waals surface area contributed by atoms with Crippen LogP contribution in [0.1, 0.15) is 36.8 Å². The second-order valence-corrected chi connectivity index (χ2v) is 8.61. The van der Waals surface area contributed by atoms with Gasteiger partial charge < -0.3 is 30.3 Å². The number of rotatable bonds is 11. The van der Waals surface area contributed by atoms with Crippen molar-refractivity contribution in [2.24, 2.45) is 0 Å². The minimum atomic E-state index is -1.57. The number of carboxylic acid groups (broad SMARTS) is 1. The third kappa shape index (κ3) is 6.55. The van der Waals surface area contributed by atoms with E-state index in [0.29, 0.717) is 0 Å². The number of hydrogen-bond acceptors (Lipinski definition) is 6. The molecule has 1 aliphatic carbocycles. The number of carboxylic acids is 1. The smallest absolute Gasteiger partial charge is 0.407 e. The summed E-state index contributed by atoms with van der Waals surface area (Å²) in [5.74, 6) is -1.66. The van der Waals surface area contributed by atoms with E-state index in [1.54, 1.807) is 0 Å². The van der Waals surface area contributed by atoms with E-state index in [-0.39, 0.29) is 32.0 Å². The summed E-state index contributed by atoms with van der Waals surface area (Å²) >= 11 is 0. The lowest BCUT2D eigenvalue weighted by molar-refractivity contribution is -0.142. The fourth-order valence-corrected chi connectivity index (χ4v) is 4.04. The fourth-order valence-electron chi connectivity index (χ4n) is 4.04. The van der Waals surface area contributed by atoms with Crippen LogP contribution in [0.2, 0.25) is 0 Å². The van der Waals surface area contributed by atoms with E-state index in [4.69, 9.17) is 14.6 Å². The van der Waals surface area contributed by atoms with Crippen LogP contribution in [0, 0.1) is 0 Å². The Morgan fingerprint density at radius 1 is 1.03 bits per heavy atom. The molecule has 9 nitrogen and oxygen atoms in total. The summed E-state index contributed by atoms with van der Waals surface area (Å²) in [6, 6.07) is 16.1. The van der Waals surface area contributed by atoms with Crippen LogP contribution in [-0.2, 0) is 19.1 Å². The summed E-state index contributed by atoms with van der Waals surface area (Å²) in [6.07, 6.45) is -1.81. The quantitative estimate of drug-likeness (QED) is 0.396. The number of carbonyl (C=O) groups excluding carboxylic acids is 2. The number of methoxy groups -OCH3 is 1. The average molecular weight is 471 g/mol. The minimum absolute atomic E-state index is 0.0477. The molecule has 3 rings (SSSR count). The molecule has 0 heterocycles. The first-order valence-electron chi connectivity index (χ1n) is 11.0. The van der Waals surface area contributed by atoms with Crippen LogP contribution in [0.25, 0.3) is 11.1 Å². The summed E-state index contributed by atoms with van der Waals surface area (Å²) in [5.41, 5.74) is 2.94. The molecule has 0 saturated carbocycles. The summed E-state index contributed by atoms with van der Waals surface area (Å²) in [6.45, 7) is 1.34. The Kier molecular flexibility index (Phi) is 8.25. The lowest BCUT2D eigenvalue weighted by Gasteiger charge is -2.22. The highest BCUT2D eigenvalue weighted by molar-refractivity contribution is 5.79. The van der Waals surface area contributed by atoms with E-state index in [2.05, 4.69) is 22.8 Å². The third-order valence-corrected chi connectivity index (χ3v) is 5.76. The molecule has 0 radical (unpaired) electrons. The van der Waals surface area contributed by atoms with E-state index in [9.17, 15) is 19.5 Å². The zero-order chi connectivity index (χ0) is 24.7. The van der Waals surface area contributed by atoms with Crippen molar-refractivity contribution in [3.63, 3.8) is 0 Å². The van der Waals surface area contributed by atoms with Gasteiger partial charge in [-0.05, 0) is 29.2 Å². The lowest BCUT2D eigenvalue weighted by atomic mass is 9.98. The lowest BCUT2D eigenvalue weighted by Crippen LogP contribution is -2.44. The fraction of sp³-hybridized carbons (Fsp3) is 0.400. The number of ether oxygens (including phenoxy) is 2. The normalized spacial score (nSPS) is 14.9. The van der Waals surface area contributed by atoms with E-state index in [0.717, 1.165) is 22.3 Å². The molecule has 0 spiro atoms. The number of aliphatic carboxylic acids is 1. The van der Waals surface area contributed by atoms with Gasteiger partial charge in [0.15, 0.2) is 0 Å². The molecule has 2 unspecified atom stereocenters. The molecule has 4 N–H and O–H groups in total. The van der Waals surface area contributed by atoms with Crippen LogP contribution in [0.5, 0.6) is 0 Å². The van der Waals surface area contributed by atoms with Gasteiger partial charge in [-0.25, -0.2) is 4.79 Å². The number of amides is 2. The Morgan fingerprint density at radius 2 is 1.62 bits per heavy atom. The summed E-state index contributed by atoms with van der Waals surface area (Å²) in [5, 5.41) is 23.9. The van der Waals surface area contributed by atoms with Crippen LogP contribution >= 0.6 is 0 Å². The van der Waals surface area contributed by atoms with Gasteiger partial charge >= 0.3 is 12.1 Å². The molecular formula is C25H30N2O7. The first-order valence-corrected chi connectivity index (χ1v) is 11.0. The van der Waals surface area contributed by atoms with Gasteiger partial charge in [-0.3, -0.25) is 9.59 Å². The Bertz CT molecular complexity index is 992. The van der Waals surface area contributed by atoms with Crippen molar-refractivity contribution in [1.82, 2.24) is 10.6 Å². The molecular weight excluding hydrogens is 440 g/mol. The second-order valence-electron chi connectivity index (χ2n) is 8.61. The number of benzene rings is 2. The summed E-state index contributed by atoms with van der Waals surface area (Å²) < 4.78 is 10.7. The maximum Gasteiger partial charge on any atom is 0.407 e. The van der Waals surface area contributed by atoms with Crippen LogP contribution in [-0.4, -0.2) is 66.7 Å². The van der Waals surface area contributed by atoms with Crippen LogP contribution < -0.4 is 10.6 Å². The summed E-state index contributed by atoms with van der Waals surface area (Å²) in [7, 11) is 1.41. The Hall–Kier alpha value is -3.43. The van der Waals surface area contributed by atoms with Crippen LogP contribution in [0.3, 0.4) is 0 Å². The molecule has 2 aromatic carbocycles. The van der Waals surface area contributed by atoms with Gasteiger partial charge in [-0.1, -0.05) is 48.5 Å². The molecule has 0 aromatic heterocycles. The average Bonchev–Trinajstić information content (AvgIpc) is 3.12. The second kappa shape index (κ2) is 11.1. The van der Waals surface area contributed by atoms with Crippen molar-refractivity contribution >= 4 is 18.0 Å². The Labute approximate surface area is 198 Å². The summed E-state index contributed by atoms with van der Waals surface area (Å²) in [4.78, 5) is 35.2. The van der Waals surface area contributed by atoms with Gasteiger partial charge in [-0.15, -0.1) is 0 Å². The number of carbonyl (C=O) groups is 3. The zero-order valence-corrected chi connectivity index (χ0v) is 19.2. The minimum Gasteiger partial charge on any atom is -0.481 e. The number of nitrogens with one attached hydrogen (secondary N) is 2. The standard InChI is InChI=1S/C25H30N2O7/c1-25(32,12-23(29)30)15-27-22(28)11-16(33-2)13-26-24(31)34-14-21-19-9-5-3-7-17(19)18-8-4-6-10-20(18)21/h3-10,16,21,32H,11-15H2,1-2H3,(H,26,31)(H,27,28)(H,29,30). The molecule has 34 heavy (non-hydrogen) atoms. The maximum atomic E-state index is 12.3. The maximum absolute atomic E-state index is 12.3. The highest BCUT2D eigenvalue weighted by Gasteiger charge is 2.29. The van der Waals surface area contributed by atoms with Crippen LogP contribution in [0.15, 0.2) is 48.5 Å². The third-order valence-electron chi connectivity index (χ3n) is 5.76. The van der Waals surface area contributed by atoms with Crippen molar-refractivity contribution in [1.29, 1.82) is 0 Å². The number of hydrogen-bond donors (Lipinski definition) is 4. The first-order chi connectivity index (χ1) is 16.2. The topological polar surface area (TPSA) is 134 Å². The molecule has 0 bridgehead atoms. The van der Waals surface area contributed by atoms with Crippen LogP contribution in [0.4, 0.5) is 4.79 Å². The van der Waals surface area contributed by atoms with Gasteiger partial charge in [0.05, 0.1) is 24.5 Å². The molecule has 2 aromatic rings. The van der Waals surface area contributed by atoms with Gasteiger partial charge in [0, 0.05) is 26.1 Å². The first kappa shape index (κ1) is 25.2. The molecule has 2 amide bonds. The molecule has 1 aliphatic rings. The monoisotopic (exact) mass is 470 g/mol. The van der Waals surface area contributed by atoms with Gasteiger partial charge in [-0.2, -0.15) is 0 Å². The van der Waals surface area contributed by atoms with Crippen molar-refractivity contribution in [3.05, 3.63) is 59.7 Å². The van der Waals surface area contributed by atoms with E-state index < -0.39 is 36.1 Å². The van der Waals surface area contributed by atoms with E-state index in [1.165, 1.54) is 14.0 Å². The van der Waals surface area contributed by atoms with Gasteiger partial charge in [0.2, 0.25) is 5.91 Å². The highest BCUT2D eigenvalue weighted by Crippen LogP contribution is 2.44. The van der Waals surface area contributed by atoms with Crippen molar-refractivity contribution < 1.29 is 34.1 Å². The van der Waals surface area contributed by atoms with E-state index in [1.807, 2.05) is 36.4 Å².